The Morgan fingerprint density at radius 1 is 1.22 bits per heavy atom. The van der Waals surface area contributed by atoms with Gasteiger partial charge in [-0.15, -0.1) is 0 Å². The van der Waals surface area contributed by atoms with E-state index in [9.17, 15) is 0 Å². The fourth-order valence-corrected chi connectivity index (χ4v) is 2.06. The van der Waals surface area contributed by atoms with Crippen LogP contribution in [0.4, 0.5) is 11.6 Å². The lowest BCUT2D eigenvalue weighted by molar-refractivity contribution is 0.613. The molecule has 5 heteroatoms. The molecule has 0 radical (unpaired) electrons. The van der Waals surface area contributed by atoms with Crippen molar-refractivity contribution in [3.05, 3.63) is 36.2 Å². The Kier molecular flexibility index (Phi) is 2.19. The highest BCUT2D eigenvalue weighted by Gasteiger charge is 2.13. The molecule has 2 aromatic heterocycles. The second-order valence-electron chi connectivity index (χ2n) is 4.13. The van der Waals surface area contributed by atoms with Gasteiger partial charge in [-0.1, -0.05) is 12.1 Å². The Morgan fingerprint density at radius 2 is 2.06 bits per heavy atom. The van der Waals surface area contributed by atoms with Crippen molar-refractivity contribution in [2.45, 2.75) is 6.92 Å². The molecule has 0 aliphatic carbocycles. The normalized spacial score (nSPS) is 10.9. The highest BCUT2D eigenvalue weighted by Crippen LogP contribution is 2.33. The number of anilines is 2. The molecule has 0 saturated heterocycles. The van der Waals surface area contributed by atoms with Crippen molar-refractivity contribution in [2.75, 3.05) is 11.5 Å². The zero-order valence-corrected chi connectivity index (χ0v) is 9.84. The third-order valence-corrected chi connectivity index (χ3v) is 2.87. The average molecular weight is 240 g/mol. The number of hydrogen-bond donors (Lipinski definition) is 2. The maximum Gasteiger partial charge on any atom is 0.220 e. The van der Waals surface area contributed by atoms with E-state index in [-0.39, 0.29) is 5.95 Å². The van der Waals surface area contributed by atoms with Crippen LogP contribution >= 0.6 is 0 Å². The predicted octanol–water partition coefficient (Wildman–Crippen LogP) is 2.36. The summed E-state index contributed by atoms with van der Waals surface area (Å²) >= 11 is 0. The van der Waals surface area contributed by atoms with Gasteiger partial charge in [-0.05, 0) is 18.6 Å². The van der Waals surface area contributed by atoms with Gasteiger partial charge in [0.25, 0.3) is 0 Å². The number of aromatic nitrogens is 2. The highest BCUT2D eigenvalue weighted by molar-refractivity contribution is 5.97. The van der Waals surface area contributed by atoms with Gasteiger partial charge in [0.05, 0.1) is 23.8 Å². The molecule has 0 atom stereocenters. The van der Waals surface area contributed by atoms with E-state index in [1.54, 1.807) is 6.26 Å². The molecular formula is C13H12N4O. The summed E-state index contributed by atoms with van der Waals surface area (Å²) in [4.78, 5) is 8.09. The van der Waals surface area contributed by atoms with Crippen molar-refractivity contribution in [2.24, 2.45) is 0 Å². The number of furan rings is 1. The predicted molar refractivity (Wildman–Crippen MR) is 70.8 cm³/mol. The number of nitrogens with zero attached hydrogens (tertiary/aromatic N) is 2. The lowest BCUT2D eigenvalue weighted by Gasteiger charge is -2.06. The van der Waals surface area contributed by atoms with Crippen LogP contribution in [-0.4, -0.2) is 9.97 Å². The van der Waals surface area contributed by atoms with Crippen molar-refractivity contribution in [1.82, 2.24) is 9.97 Å². The van der Waals surface area contributed by atoms with Gasteiger partial charge < -0.3 is 15.9 Å². The average Bonchev–Trinajstić information content (AvgIpc) is 2.75. The molecule has 0 saturated carbocycles. The van der Waals surface area contributed by atoms with E-state index < -0.39 is 0 Å². The van der Waals surface area contributed by atoms with Crippen LogP contribution in [0.1, 0.15) is 5.56 Å². The Morgan fingerprint density at radius 3 is 2.89 bits per heavy atom. The summed E-state index contributed by atoms with van der Waals surface area (Å²) in [6, 6.07) is 5.76. The molecule has 0 amide bonds. The van der Waals surface area contributed by atoms with Crippen LogP contribution in [-0.2, 0) is 0 Å². The maximum atomic E-state index is 5.92. The van der Waals surface area contributed by atoms with Crippen LogP contribution in [0.15, 0.2) is 35.1 Å². The molecule has 5 nitrogen and oxygen atoms in total. The quantitative estimate of drug-likeness (QED) is 0.681. The van der Waals surface area contributed by atoms with E-state index in [1.165, 1.54) is 6.20 Å². The second-order valence-corrected chi connectivity index (χ2v) is 4.13. The van der Waals surface area contributed by atoms with Crippen molar-refractivity contribution in [1.29, 1.82) is 0 Å². The molecule has 0 spiro atoms. The van der Waals surface area contributed by atoms with Gasteiger partial charge >= 0.3 is 0 Å². The Hall–Kier alpha value is -2.56. The zero-order chi connectivity index (χ0) is 12.7. The number of fused-ring (bicyclic) bond motifs is 1. The van der Waals surface area contributed by atoms with Crippen LogP contribution in [0, 0.1) is 6.92 Å². The van der Waals surface area contributed by atoms with Gasteiger partial charge in [-0.25, -0.2) is 9.97 Å². The van der Waals surface area contributed by atoms with E-state index in [0.29, 0.717) is 11.4 Å². The van der Waals surface area contributed by atoms with Crippen LogP contribution < -0.4 is 11.5 Å². The summed E-state index contributed by atoms with van der Waals surface area (Å²) < 4.78 is 5.47. The lowest BCUT2D eigenvalue weighted by Crippen LogP contribution is -2.00. The smallest absolute Gasteiger partial charge is 0.220 e. The third-order valence-electron chi connectivity index (χ3n) is 2.87. The fraction of sp³-hybridized carbons (Fsp3) is 0.0769. The maximum absolute atomic E-state index is 5.92. The van der Waals surface area contributed by atoms with Crippen LogP contribution in [0.2, 0.25) is 0 Å². The molecule has 4 N–H and O–H groups in total. The summed E-state index contributed by atoms with van der Waals surface area (Å²) in [7, 11) is 0. The molecule has 2 heterocycles. The molecule has 0 aliphatic rings. The number of hydrogen-bond acceptors (Lipinski definition) is 5. The van der Waals surface area contributed by atoms with Gasteiger partial charge in [0.15, 0.2) is 0 Å². The minimum Gasteiger partial charge on any atom is -0.464 e. The minimum atomic E-state index is 0.206. The minimum absolute atomic E-state index is 0.206. The van der Waals surface area contributed by atoms with Crippen LogP contribution in [0.3, 0.4) is 0 Å². The van der Waals surface area contributed by atoms with Crippen molar-refractivity contribution in [3.63, 3.8) is 0 Å². The molecule has 18 heavy (non-hydrogen) atoms. The number of aryl methyl sites for hydroxylation is 1. The van der Waals surface area contributed by atoms with E-state index in [2.05, 4.69) is 9.97 Å². The summed E-state index contributed by atoms with van der Waals surface area (Å²) in [5.41, 5.74) is 15.4. The zero-order valence-electron chi connectivity index (χ0n) is 9.84. The molecule has 90 valence electrons. The van der Waals surface area contributed by atoms with E-state index >= 15 is 0 Å². The molecule has 0 bridgehead atoms. The summed E-state index contributed by atoms with van der Waals surface area (Å²) in [6.07, 6.45) is 3.24. The summed E-state index contributed by atoms with van der Waals surface area (Å²) in [5.74, 6) is 0.206. The Labute approximate surface area is 103 Å². The van der Waals surface area contributed by atoms with Gasteiger partial charge in [0.1, 0.15) is 5.58 Å². The summed E-state index contributed by atoms with van der Waals surface area (Å²) in [5, 5.41) is 1.00. The first kappa shape index (κ1) is 10.6. The fourth-order valence-electron chi connectivity index (χ4n) is 2.06. The van der Waals surface area contributed by atoms with Gasteiger partial charge in [-0.2, -0.15) is 0 Å². The lowest BCUT2D eigenvalue weighted by atomic mass is 10.0. The Balaban J connectivity index is 2.38. The molecule has 0 unspecified atom stereocenters. The van der Waals surface area contributed by atoms with Crippen LogP contribution in [0.25, 0.3) is 22.2 Å². The summed E-state index contributed by atoms with van der Waals surface area (Å²) in [6.45, 7) is 1.98. The van der Waals surface area contributed by atoms with Gasteiger partial charge in [-0.3, -0.25) is 0 Å². The number of rotatable bonds is 1. The number of benzene rings is 1. The Bertz CT molecular complexity index is 733. The van der Waals surface area contributed by atoms with Crippen LogP contribution in [0.5, 0.6) is 0 Å². The first-order valence-corrected chi connectivity index (χ1v) is 5.52. The molecule has 0 aliphatic heterocycles. The first-order valence-electron chi connectivity index (χ1n) is 5.52. The topological polar surface area (TPSA) is 91.0 Å². The third kappa shape index (κ3) is 1.48. The standard InChI is InChI=1S/C13H12N4O/c1-7-6-18-10-4-2-3-8(11(7)10)12-9(14)5-16-13(15)17-12/h2-6H,14H2,1H3,(H2,15,16,17). The van der Waals surface area contributed by atoms with Crippen molar-refractivity contribution < 1.29 is 4.42 Å². The molecule has 3 rings (SSSR count). The van der Waals surface area contributed by atoms with Crippen molar-refractivity contribution >= 4 is 22.6 Å². The SMILES string of the molecule is Cc1coc2cccc(-c3nc(N)ncc3N)c12. The van der Waals surface area contributed by atoms with E-state index in [1.807, 2.05) is 25.1 Å². The number of nitrogens with two attached hydrogens (primary N) is 2. The molecule has 0 fully saturated rings. The number of nitrogen functional groups attached to an aromatic ring is 2. The van der Waals surface area contributed by atoms with E-state index in [4.69, 9.17) is 15.9 Å². The second kappa shape index (κ2) is 3.73. The first-order chi connectivity index (χ1) is 8.66. The largest absolute Gasteiger partial charge is 0.464 e. The monoisotopic (exact) mass is 240 g/mol. The van der Waals surface area contributed by atoms with E-state index in [0.717, 1.165) is 22.1 Å². The van der Waals surface area contributed by atoms with Gasteiger partial charge in [0, 0.05) is 10.9 Å². The molecular weight excluding hydrogens is 228 g/mol. The molecule has 1 aromatic carbocycles. The van der Waals surface area contributed by atoms with Gasteiger partial charge in [0.2, 0.25) is 5.95 Å². The van der Waals surface area contributed by atoms with Crippen molar-refractivity contribution in [3.8, 4) is 11.3 Å². The molecule has 3 aromatic rings. The highest BCUT2D eigenvalue weighted by atomic mass is 16.3.